The number of aliphatic carboxylic acids is 1. The number of carbonyl (C=O) groups excluding carboxylic acids is 3. The lowest BCUT2D eigenvalue weighted by atomic mass is 10.0. The van der Waals surface area contributed by atoms with Crippen molar-refractivity contribution in [1.29, 1.82) is 0 Å². The first-order chi connectivity index (χ1) is 15.9. The minimum absolute atomic E-state index is 0.00188. The summed E-state index contributed by atoms with van der Waals surface area (Å²) in [6, 6.07) is 14.9. The zero-order valence-electron chi connectivity index (χ0n) is 18.0. The van der Waals surface area contributed by atoms with E-state index in [-0.39, 0.29) is 12.2 Å². The van der Waals surface area contributed by atoms with E-state index in [0.717, 1.165) is 5.56 Å². The van der Waals surface area contributed by atoms with Crippen molar-refractivity contribution >= 4 is 36.3 Å². The number of carboxylic acids is 1. The number of rotatable bonds is 9. The minimum atomic E-state index is -1.07. The second kappa shape index (κ2) is 11.5. The van der Waals surface area contributed by atoms with Gasteiger partial charge >= 0.3 is 5.97 Å². The summed E-state index contributed by atoms with van der Waals surface area (Å²) in [5, 5.41) is 14.8. The number of hydrogen-bond donors (Lipinski definition) is 4. The molecule has 0 unspecified atom stereocenters. The van der Waals surface area contributed by atoms with Gasteiger partial charge in [-0.25, -0.2) is 4.79 Å². The third kappa shape index (κ3) is 6.35. The average Bonchev–Trinajstić information content (AvgIpc) is 3.33. The second-order valence-corrected chi connectivity index (χ2v) is 8.22. The summed E-state index contributed by atoms with van der Waals surface area (Å²) in [5.41, 5.74) is 1.25. The van der Waals surface area contributed by atoms with E-state index in [2.05, 4.69) is 23.3 Å². The Labute approximate surface area is 197 Å². The Balaban J connectivity index is 1.75. The first-order valence-corrected chi connectivity index (χ1v) is 11.4. The third-order valence-electron chi connectivity index (χ3n) is 5.56. The molecule has 1 aliphatic rings. The molecule has 1 heterocycles. The van der Waals surface area contributed by atoms with Crippen LogP contribution >= 0.6 is 12.6 Å². The summed E-state index contributed by atoms with van der Waals surface area (Å²) in [4.78, 5) is 51.6. The van der Waals surface area contributed by atoms with E-state index in [1.54, 1.807) is 30.3 Å². The number of likely N-dealkylation sites (tertiary alicyclic amines) is 1. The number of benzene rings is 2. The Morgan fingerprint density at radius 2 is 1.61 bits per heavy atom. The van der Waals surface area contributed by atoms with Gasteiger partial charge in [0, 0.05) is 24.3 Å². The predicted octanol–water partition coefficient (Wildman–Crippen LogP) is 1.52. The van der Waals surface area contributed by atoms with Crippen LogP contribution in [-0.4, -0.2) is 64.1 Å². The zero-order chi connectivity index (χ0) is 23.8. The smallest absolute Gasteiger partial charge is 0.326 e. The van der Waals surface area contributed by atoms with Crippen molar-refractivity contribution in [3.8, 4) is 0 Å². The second-order valence-electron chi connectivity index (χ2n) is 7.85. The normalized spacial score (nSPS) is 17.1. The minimum Gasteiger partial charge on any atom is -0.480 e. The molecule has 2 aromatic carbocycles. The maximum Gasteiger partial charge on any atom is 0.326 e. The van der Waals surface area contributed by atoms with Crippen LogP contribution in [0.1, 0.15) is 28.8 Å². The molecule has 9 heteroatoms. The monoisotopic (exact) mass is 469 g/mol. The molecule has 1 saturated heterocycles. The molecule has 1 aliphatic heterocycles. The van der Waals surface area contributed by atoms with Crippen molar-refractivity contribution < 1.29 is 24.3 Å². The fourth-order valence-electron chi connectivity index (χ4n) is 3.84. The highest BCUT2D eigenvalue weighted by molar-refractivity contribution is 7.80. The maximum absolute atomic E-state index is 13.2. The molecule has 3 N–H and O–H groups in total. The summed E-state index contributed by atoms with van der Waals surface area (Å²) < 4.78 is 0. The first-order valence-electron chi connectivity index (χ1n) is 10.7. The van der Waals surface area contributed by atoms with Crippen molar-refractivity contribution in [1.82, 2.24) is 15.5 Å². The highest BCUT2D eigenvalue weighted by atomic mass is 32.1. The molecule has 3 rings (SSSR count). The molecule has 33 heavy (non-hydrogen) atoms. The number of carbonyl (C=O) groups is 4. The van der Waals surface area contributed by atoms with Crippen molar-refractivity contribution in [3.05, 3.63) is 71.8 Å². The molecule has 3 amide bonds. The van der Waals surface area contributed by atoms with Crippen LogP contribution in [0.4, 0.5) is 0 Å². The van der Waals surface area contributed by atoms with Gasteiger partial charge in [-0.3, -0.25) is 14.4 Å². The van der Waals surface area contributed by atoms with Crippen LogP contribution in [-0.2, 0) is 20.8 Å². The maximum atomic E-state index is 13.2. The van der Waals surface area contributed by atoms with Gasteiger partial charge in [0.25, 0.3) is 5.91 Å². The van der Waals surface area contributed by atoms with E-state index in [1.165, 1.54) is 4.90 Å². The van der Waals surface area contributed by atoms with Crippen molar-refractivity contribution in [2.24, 2.45) is 0 Å². The van der Waals surface area contributed by atoms with Gasteiger partial charge in [0.15, 0.2) is 0 Å². The van der Waals surface area contributed by atoms with E-state index >= 15 is 0 Å². The molecule has 0 radical (unpaired) electrons. The molecule has 3 atom stereocenters. The van der Waals surface area contributed by atoms with Gasteiger partial charge in [-0.05, 0) is 30.5 Å². The standard InChI is InChI=1S/C24H27N3O5S/c28-21(17-10-5-2-6-11-17)25-18(14-16-8-3-1-4-9-16)22(29)26-19(15-33)23(30)27-13-7-12-20(27)24(31)32/h1-6,8-11,18-20,33H,7,12-15H2,(H,25,28)(H,26,29)(H,31,32)/t18-,19-,20-/m0/s1. The number of carboxylic acid groups (broad SMARTS) is 1. The molecule has 0 aliphatic carbocycles. The van der Waals surface area contributed by atoms with Crippen LogP contribution in [0.5, 0.6) is 0 Å². The SMILES string of the molecule is O=C(N[C@@H](Cc1ccccc1)C(=O)N[C@@H](CS)C(=O)N1CCC[C@H]1C(=O)O)c1ccccc1. The highest BCUT2D eigenvalue weighted by Crippen LogP contribution is 2.19. The number of nitrogens with zero attached hydrogens (tertiary/aromatic N) is 1. The quantitative estimate of drug-likeness (QED) is 0.416. The van der Waals surface area contributed by atoms with E-state index in [1.807, 2.05) is 30.3 Å². The van der Waals surface area contributed by atoms with Crippen LogP contribution in [0.25, 0.3) is 0 Å². The largest absolute Gasteiger partial charge is 0.480 e. The number of thiol groups is 1. The predicted molar refractivity (Wildman–Crippen MR) is 126 cm³/mol. The van der Waals surface area contributed by atoms with Gasteiger partial charge < -0.3 is 20.6 Å². The lowest BCUT2D eigenvalue weighted by Crippen LogP contribution is -2.57. The van der Waals surface area contributed by atoms with Gasteiger partial charge in [0.05, 0.1) is 0 Å². The molecule has 0 spiro atoms. The van der Waals surface area contributed by atoms with Gasteiger partial charge in [0.1, 0.15) is 18.1 Å². The van der Waals surface area contributed by atoms with E-state index in [0.29, 0.717) is 24.9 Å². The van der Waals surface area contributed by atoms with E-state index in [9.17, 15) is 24.3 Å². The molecular weight excluding hydrogens is 442 g/mol. The zero-order valence-corrected chi connectivity index (χ0v) is 18.9. The Morgan fingerprint density at radius 1 is 0.970 bits per heavy atom. The number of hydrogen-bond acceptors (Lipinski definition) is 5. The molecule has 2 aromatic rings. The molecular formula is C24H27N3O5S. The van der Waals surface area contributed by atoms with Crippen LogP contribution in [0.15, 0.2) is 60.7 Å². The Kier molecular flexibility index (Phi) is 8.48. The van der Waals surface area contributed by atoms with Crippen LogP contribution in [0.3, 0.4) is 0 Å². The Bertz CT molecular complexity index is 986. The summed E-state index contributed by atoms with van der Waals surface area (Å²) in [6.45, 7) is 0.314. The molecule has 174 valence electrons. The van der Waals surface area contributed by atoms with Gasteiger partial charge in [0.2, 0.25) is 11.8 Å². The van der Waals surface area contributed by atoms with E-state index < -0.39 is 41.8 Å². The fourth-order valence-corrected chi connectivity index (χ4v) is 4.08. The van der Waals surface area contributed by atoms with Gasteiger partial charge in [-0.1, -0.05) is 48.5 Å². The number of amides is 3. The highest BCUT2D eigenvalue weighted by Gasteiger charge is 2.38. The summed E-state index contributed by atoms with van der Waals surface area (Å²) in [5.74, 6) is -2.51. The fraction of sp³-hybridized carbons (Fsp3) is 0.333. The number of nitrogens with one attached hydrogen (secondary N) is 2. The van der Waals surface area contributed by atoms with Crippen molar-refractivity contribution in [2.75, 3.05) is 12.3 Å². The van der Waals surface area contributed by atoms with Crippen LogP contribution < -0.4 is 10.6 Å². The van der Waals surface area contributed by atoms with Crippen LogP contribution in [0.2, 0.25) is 0 Å². The molecule has 0 saturated carbocycles. The molecule has 1 fully saturated rings. The summed E-state index contributed by atoms with van der Waals surface area (Å²) in [6.07, 6.45) is 1.18. The van der Waals surface area contributed by atoms with E-state index in [4.69, 9.17) is 0 Å². The average molecular weight is 470 g/mol. The lowest BCUT2D eigenvalue weighted by molar-refractivity contribution is -0.149. The van der Waals surface area contributed by atoms with Gasteiger partial charge in [-0.2, -0.15) is 12.6 Å². The third-order valence-corrected chi connectivity index (χ3v) is 5.92. The van der Waals surface area contributed by atoms with Crippen molar-refractivity contribution in [2.45, 2.75) is 37.4 Å². The Hall–Kier alpha value is -3.33. The first kappa shape index (κ1) is 24.3. The lowest BCUT2D eigenvalue weighted by Gasteiger charge is -2.28. The van der Waals surface area contributed by atoms with Gasteiger partial charge in [-0.15, -0.1) is 0 Å². The summed E-state index contributed by atoms with van der Waals surface area (Å²) >= 11 is 4.20. The molecule has 0 bridgehead atoms. The van der Waals surface area contributed by atoms with Crippen molar-refractivity contribution in [3.63, 3.8) is 0 Å². The molecule has 8 nitrogen and oxygen atoms in total. The van der Waals surface area contributed by atoms with Crippen LogP contribution in [0, 0.1) is 0 Å². The summed E-state index contributed by atoms with van der Waals surface area (Å²) in [7, 11) is 0. The molecule has 0 aromatic heterocycles. The Morgan fingerprint density at radius 3 is 2.21 bits per heavy atom. The topological polar surface area (TPSA) is 116 Å².